The molecule has 6 nitrogen and oxygen atoms in total. The van der Waals surface area contributed by atoms with E-state index in [1.54, 1.807) is 0 Å². The minimum Gasteiger partial charge on any atom is -0.481 e. The monoisotopic (exact) mass is 267 g/mol. The van der Waals surface area contributed by atoms with E-state index in [1.807, 2.05) is 16.9 Å². The van der Waals surface area contributed by atoms with Gasteiger partial charge in [0.15, 0.2) is 0 Å². The van der Waals surface area contributed by atoms with Crippen LogP contribution in [0, 0.1) is 0 Å². The van der Waals surface area contributed by atoms with Gasteiger partial charge in [0.2, 0.25) is 0 Å². The molecule has 6 heteroatoms. The van der Waals surface area contributed by atoms with Crippen molar-refractivity contribution in [3.05, 3.63) is 18.0 Å². The van der Waals surface area contributed by atoms with Crippen LogP contribution in [0.1, 0.15) is 25.5 Å². The second kappa shape index (κ2) is 6.68. The van der Waals surface area contributed by atoms with Gasteiger partial charge in [0.1, 0.15) is 0 Å². The first-order valence-electron chi connectivity index (χ1n) is 6.75. The Balaban J connectivity index is 1.91. The number of nitrogens with zero attached hydrogens (tertiary/aromatic N) is 3. The fourth-order valence-corrected chi connectivity index (χ4v) is 2.38. The summed E-state index contributed by atoms with van der Waals surface area (Å²) in [6, 6.07) is 2.03. The fraction of sp³-hybridized carbons (Fsp3) is 0.692. The molecule has 1 saturated heterocycles. The fourth-order valence-electron chi connectivity index (χ4n) is 2.38. The number of morpholine rings is 1. The van der Waals surface area contributed by atoms with Crippen molar-refractivity contribution in [3.8, 4) is 0 Å². The van der Waals surface area contributed by atoms with Crippen molar-refractivity contribution in [1.82, 2.24) is 14.7 Å². The van der Waals surface area contributed by atoms with Gasteiger partial charge >= 0.3 is 5.97 Å². The molecule has 0 aromatic carbocycles. The topological polar surface area (TPSA) is 67.6 Å². The number of hydrogen-bond donors (Lipinski definition) is 1. The predicted molar refractivity (Wildman–Crippen MR) is 69.8 cm³/mol. The number of hydrogen-bond acceptors (Lipinski definition) is 4. The molecule has 1 aliphatic rings. The molecule has 1 N–H and O–H groups in total. The number of aryl methyl sites for hydroxylation is 1. The van der Waals surface area contributed by atoms with Crippen LogP contribution in [0.2, 0.25) is 0 Å². The molecule has 0 spiro atoms. The zero-order chi connectivity index (χ0) is 13.7. The summed E-state index contributed by atoms with van der Waals surface area (Å²) in [7, 11) is 0. The van der Waals surface area contributed by atoms with Gasteiger partial charge in [-0.1, -0.05) is 6.92 Å². The van der Waals surface area contributed by atoms with E-state index in [0.29, 0.717) is 13.2 Å². The molecule has 0 amide bonds. The average molecular weight is 267 g/mol. The van der Waals surface area contributed by atoms with Crippen LogP contribution < -0.4 is 0 Å². The quantitative estimate of drug-likeness (QED) is 0.831. The van der Waals surface area contributed by atoms with Crippen LogP contribution in [0.3, 0.4) is 0 Å². The summed E-state index contributed by atoms with van der Waals surface area (Å²) in [6.45, 7) is 5.96. The summed E-state index contributed by atoms with van der Waals surface area (Å²) < 4.78 is 7.49. The van der Waals surface area contributed by atoms with Gasteiger partial charge in [-0.25, -0.2) is 0 Å². The SMILES string of the molecule is CCCn1nccc1CN1CCOC(CC(=O)O)C1. The van der Waals surface area contributed by atoms with Crippen molar-refractivity contribution < 1.29 is 14.6 Å². The van der Waals surface area contributed by atoms with Gasteiger partial charge in [-0.2, -0.15) is 5.10 Å². The number of rotatable bonds is 6. The Hall–Kier alpha value is -1.40. The summed E-state index contributed by atoms with van der Waals surface area (Å²) in [5.74, 6) is -0.803. The van der Waals surface area contributed by atoms with E-state index in [-0.39, 0.29) is 12.5 Å². The van der Waals surface area contributed by atoms with Crippen LogP contribution in [0.25, 0.3) is 0 Å². The maximum atomic E-state index is 10.7. The Kier molecular flexibility index (Phi) is 4.93. The smallest absolute Gasteiger partial charge is 0.306 e. The Morgan fingerprint density at radius 1 is 1.63 bits per heavy atom. The normalized spacial score (nSPS) is 20.6. The van der Waals surface area contributed by atoms with Crippen LogP contribution >= 0.6 is 0 Å². The third-order valence-electron chi connectivity index (χ3n) is 3.25. The van der Waals surface area contributed by atoms with Gasteiger partial charge in [0.05, 0.1) is 24.8 Å². The van der Waals surface area contributed by atoms with Crippen molar-refractivity contribution in [2.75, 3.05) is 19.7 Å². The highest BCUT2D eigenvalue weighted by molar-refractivity contribution is 5.67. The van der Waals surface area contributed by atoms with Crippen molar-refractivity contribution >= 4 is 5.97 Å². The Morgan fingerprint density at radius 3 is 3.21 bits per heavy atom. The summed E-state index contributed by atoms with van der Waals surface area (Å²) in [4.78, 5) is 13.0. The summed E-state index contributed by atoms with van der Waals surface area (Å²) in [6.07, 6.45) is 2.75. The third-order valence-corrected chi connectivity index (χ3v) is 3.25. The van der Waals surface area contributed by atoms with Crippen molar-refractivity contribution in [2.24, 2.45) is 0 Å². The first-order chi connectivity index (χ1) is 9.19. The minimum atomic E-state index is -0.803. The van der Waals surface area contributed by atoms with Crippen molar-refractivity contribution in [2.45, 2.75) is 39.0 Å². The lowest BCUT2D eigenvalue weighted by Gasteiger charge is -2.32. The Morgan fingerprint density at radius 2 is 2.47 bits per heavy atom. The summed E-state index contributed by atoms with van der Waals surface area (Å²) in [5, 5.41) is 13.1. The van der Waals surface area contributed by atoms with E-state index in [4.69, 9.17) is 9.84 Å². The van der Waals surface area contributed by atoms with Gasteiger partial charge in [0, 0.05) is 32.4 Å². The molecule has 106 valence electrons. The standard InChI is InChI=1S/C13H21N3O3/c1-2-5-16-11(3-4-14-16)9-15-6-7-19-12(10-15)8-13(17)18/h3-4,12H,2,5-10H2,1H3,(H,17,18). The highest BCUT2D eigenvalue weighted by Gasteiger charge is 2.23. The van der Waals surface area contributed by atoms with Crippen molar-refractivity contribution in [1.29, 1.82) is 0 Å². The number of aromatic nitrogens is 2. The third kappa shape index (κ3) is 4.04. The van der Waals surface area contributed by atoms with E-state index in [1.165, 1.54) is 5.69 Å². The molecule has 1 aromatic rings. The molecule has 1 aliphatic heterocycles. The molecule has 0 radical (unpaired) electrons. The van der Waals surface area contributed by atoms with Gasteiger partial charge < -0.3 is 9.84 Å². The molecule has 1 atom stereocenters. The highest BCUT2D eigenvalue weighted by Crippen LogP contribution is 2.12. The number of carboxylic acid groups (broad SMARTS) is 1. The maximum Gasteiger partial charge on any atom is 0.306 e. The van der Waals surface area contributed by atoms with Gasteiger partial charge in [0.25, 0.3) is 0 Å². The van der Waals surface area contributed by atoms with E-state index in [0.717, 1.165) is 26.1 Å². The van der Waals surface area contributed by atoms with E-state index in [2.05, 4.69) is 16.9 Å². The zero-order valence-corrected chi connectivity index (χ0v) is 11.3. The van der Waals surface area contributed by atoms with Crippen LogP contribution in [-0.4, -0.2) is 51.6 Å². The number of carboxylic acids is 1. The Bertz CT molecular complexity index is 419. The second-order valence-corrected chi connectivity index (χ2v) is 4.87. The molecule has 1 unspecified atom stereocenters. The van der Waals surface area contributed by atoms with E-state index in [9.17, 15) is 4.79 Å². The Labute approximate surface area is 113 Å². The molecule has 0 aliphatic carbocycles. The van der Waals surface area contributed by atoms with Crippen LogP contribution in [0.15, 0.2) is 12.3 Å². The summed E-state index contributed by atoms with van der Waals surface area (Å²) in [5.41, 5.74) is 1.18. The minimum absolute atomic E-state index is 0.0741. The van der Waals surface area contributed by atoms with Crippen molar-refractivity contribution in [3.63, 3.8) is 0 Å². The maximum absolute atomic E-state index is 10.7. The van der Waals surface area contributed by atoms with Gasteiger partial charge in [-0.3, -0.25) is 14.4 Å². The van der Waals surface area contributed by atoms with E-state index >= 15 is 0 Å². The van der Waals surface area contributed by atoms with E-state index < -0.39 is 5.97 Å². The van der Waals surface area contributed by atoms with Crippen LogP contribution in [-0.2, 0) is 22.6 Å². The molecule has 2 heterocycles. The van der Waals surface area contributed by atoms with Gasteiger partial charge in [-0.05, 0) is 12.5 Å². The number of aliphatic carboxylic acids is 1. The highest BCUT2D eigenvalue weighted by atomic mass is 16.5. The molecule has 0 bridgehead atoms. The molecule has 19 heavy (non-hydrogen) atoms. The van der Waals surface area contributed by atoms with Crippen LogP contribution in [0.4, 0.5) is 0 Å². The second-order valence-electron chi connectivity index (χ2n) is 4.87. The molecular formula is C13H21N3O3. The largest absolute Gasteiger partial charge is 0.481 e. The first-order valence-corrected chi connectivity index (χ1v) is 6.75. The lowest BCUT2D eigenvalue weighted by atomic mass is 10.2. The number of ether oxygens (including phenoxy) is 1. The van der Waals surface area contributed by atoms with Crippen LogP contribution in [0.5, 0.6) is 0 Å². The molecule has 2 rings (SSSR count). The predicted octanol–water partition coefficient (Wildman–Crippen LogP) is 0.969. The lowest BCUT2D eigenvalue weighted by Crippen LogP contribution is -2.43. The number of carbonyl (C=O) groups is 1. The molecular weight excluding hydrogens is 246 g/mol. The first kappa shape index (κ1) is 14.0. The lowest BCUT2D eigenvalue weighted by molar-refractivity contribution is -0.142. The average Bonchev–Trinajstić information content (AvgIpc) is 2.77. The molecule has 1 fully saturated rings. The van der Waals surface area contributed by atoms with Gasteiger partial charge in [-0.15, -0.1) is 0 Å². The molecule has 0 saturated carbocycles. The zero-order valence-electron chi connectivity index (χ0n) is 11.3. The summed E-state index contributed by atoms with van der Waals surface area (Å²) >= 11 is 0. The molecule has 1 aromatic heterocycles.